The molecular weight excluding hydrogens is 408 g/mol. The van der Waals surface area contributed by atoms with Crippen LogP contribution in [0.4, 0.5) is 5.82 Å². The van der Waals surface area contributed by atoms with Crippen LogP contribution in [-0.4, -0.2) is 29.5 Å². The number of halogens is 1. The lowest BCUT2D eigenvalue weighted by molar-refractivity contribution is -0.115. The Morgan fingerprint density at radius 1 is 1.32 bits per heavy atom. The van der Waals surface area contributed by atoms with E-state index in [1.807, 2.05) is 19.1 Å². The molecule has 8 heteroatoms. The van der Waals surface area contributed by atoms with Crippen molar-refractivity contribution in [2.75, 3.05) is 18.5 Å². The third-order valence-electron chi connectivity index (χ3n) is 3.69. The number of nitrogens with zero attached hydrogens (tertiary/aromatic N) is 1. The van der Waals surface area contributed by atoms with Crippen molar-refractivity contribution >= 4 is 39.4 Å². The van der Waals surface area contributed by atoms with E-state index in [-0.39, 0.29) is 11.2 Å². The van der Waals surface area contributed by atoms with Crippen LogP contribution in [0.5, 0.6) is 11.5 Å². The molecular formula is C17H19BrN2O4S. The Hall–Kier alpha value is -1.67. The van der Waals surface area contributed by atoms with Crippen LogP contribution in [0.2, 0.25) is 0 Å². The van der Waals surface area contributed by atoms with Crippen LogP contribution in [-0.2, 0) is 10.5 Å². The average Bonchev–Trinajstić information content (AvgIpc) is 3.00. The molecule has 3 rings (SSSR count). The SMILES string of the molecule is CC[C@@H](SCc1cc2c(cc1Br)OCCO2)C(=O)Nc1cc(C)on1. The maximum absolute atomic E-state index is 12.4. The number of hydrogen-bond donors (Lipinski definition) is 1. The lowest BCUT2D eigenvalue weighted by Crippen LogP contribution is -2.25. The van der Waals surface area contributed by atoms with Gasteiger partial charge in [0.05, 0.1) is 5.25 Å². The lowest BCUT2D eigenvalue weighted by atomic mass is 10.2. The number of anilines is 1. The third kappa shape index (κ3) is 4.49. The highest BCUT2D eigenvalue weighted by molar-refractivity contribution is 9.10. The quantitative estimate of drug-likeness (QED) is 0.746. The van der Waals surface area contributed by atoms with Crippen molar-refractivity contribution < 1.29 is 18.8 Å². The first-order valence-electron chi connectivity index (χ1n) is 8.00. The highest BCUT2D eigenvalue weighted by Crippen LogP contribution is 2.37. The molecule has 1 amide bonds. The molecule has 0 saturated carbocycles. The Labute approximate surface area is 158 Å². The van der Waals surface area contributed by atoms with Crippen molar-refractivity contribution in [1.29, 1.82) is 0 Å². The van der Waals surface area contributed by atoms with E-state index in [2.05, 4.69) is 26.4 Å². The predicted molar refractivity (Wildman–Crippen MR) is 100 cm³/mol. The van der Waals surface area contributed by atoms with E-state index in [0.29, 0.717) is 30.5 Å². The van der Waals surface area contributed by atoms with Gasteiger partial charge >= 0.3 is 0 Å². The largest absolute Gasteiger partial charge is 0.486 e. The highest BCUT2D eigenvalue weighted by atomic mass is 79.9. The number of hydrogen-bond acceptors (Lipinski definition) is 6. The molecule has 2 aromatic rings. The fourth-order valence-electron chi connectivity index (χ4n) is 2.42. The van der Waals surface area contributed by atoms with Gasteiger partial charge in [-0.15, -0.1) is 11.8 Å². The Morgan fingerprint density at radius 3 is 2.68 bits per heavy atom. The summed E-state index contributed by atoms with van der Waals surface area (Å²) in [6.07, 6.45) is 0.718. The smallest absolute Gasteiger partial charge is 0.238 e. The summed E-state index contributed by atoms with van der Waals surface area (Å²) >= 11 is 5.15. The second kappa shape index (κ2) is 8.14. The fourth-order valence-corrected chi connectivity index (χ4v) is 4.13. The average molecular weight is 427 g/mol. The van der Waals surface area contributed by atoms with Crippen LogP contribution in [0.25, 0.3) is 0 Å². The molecule has 2 heterocycles. The van der Waals surface area contributed by atoms with Crippen molar-refractivity contribution in [3.8, 4) is 11.5 Å². The molecule has 0 saturated heterocycles. The summed E-state index contributed by atoms with van der Waals surface area (Å²) in [5, 5.41) is 6.41. The summed E-state index contributed by atoms with van der Waals surface area (Å²) in [6.45, 7) is 4.89. The zero-order valence-electron chi connectivity index (χ0n) is 14.0. The van der Waals surface area contributed by atoms with Crippen molar-refractivity contribution in [3.05, 3.63) is 34.0 Å². The predicted octanol–water partition coefficient (Wildman–Crippen LogP) is 4.17. The normalized spacial score (nSPS) is 14.2. The molecule has 6 nitrogen and oxygen atoms in total. The first-order valence-corrected chi connectivity index (χ1v) is 9.84. The monoisotopic (exact) mass is 426 g/mol. The van der Waals surface area contributed by atoms with Crippen LogP contribution in [0.15, 0.2) is 27.2 Å². The van der Waals surface area contributed by atoms with E-state index in [1.54, 1.807) is 24.8 Å². The van der Waals surface area contributed by atoms with Crippen LogP contribution in [0, 0.1) is 6.92 Å². The molecule has 25 heavy (non-hydrogen) atoms. The third-order valence-corrected chi connectivity index (χ3v) is 5.86. The van der Waals surface area contributed by atoms with Crippen LogP contribution in [0.3, 0.4) is 0 Å². The summed E-state index contributed by atoms with van der Waals surface area (Å²) in [6, 6.07) is 5.59. The Kier molecular flexibility index (Phi) is 5.90. The number of nitrogens with one attached hydrogen (secondary N) is 1. The summed E-state index contributed by atoms with van der Waals surface area (Å²) < 4.78 is 17.1. The number of carbonyl (C=O) groups excluding carboxylic acids is 1. The van der Waals surface area contributed by atoms with E-state index in [4.69, 9.17) is 14.0 Å². The Balaban J connectivity index is 1.63. The fraction of sp³-hybridized carbons (Fsp3) is 0.412. The molecule has 0 fully saturated rings. The van der Waals surface area contributed by atoms with Gasteiger partial charge in [-0.05, 0) is 31.0 Å². The lowest BCUT2D eigenvalue weighted by Gasteiger charge is -2.20. The standard InChI is InChI=1S/C17H19BrN2O4S/c1-3-15(17(21)19-16-6-10(2)24-20-16)25-9-11-7-13-14(8-12(11)18)23-5-4-22-13/h6-8,15H,3-5,9H2,1-2H3,(H,19,20,21)/t15-/m1/s1. The minimum absolute atomic E-state index is 0.0746. The first kappa shape index (κ1) is 18.1. The number of rotatable bonds is 6. The molecule has 134 valence electrons. The van der Waals surface area contributed by atoms with Gasteiger partial charge in [-0.3, -0.25) is 4.79 Å². The maximum Gasteiger partial charge on any atom is 0.238 e. The van der Waals surface area contributed by atoms with Crippen LogP contribution < -0.4 is 14.8 Å². The van der Waals surface area contributed by atoms with E-state index < -0.39 is 0 Å². The molecule has 1 N–H and O–H groups in total. The molecule has 1 aromatic carbocycles. The summed E-state index contributed by atoms with van der Waals surface area (Å²) in [5.41, 5.74) is 1.07. The van der Waals surface area contributed by atoms with Gasteiger partial charge in [0.2, 0.25) is 5.91 Å². The molecule has 0 bridgehead atoms. The number of ether oxygens (including phenoxy) is 2. The Bertz CT molecular complexity index is 765. The zero-order chi connectivity index (χ0) is 17.8. The molecule has 1 aliphatic heterocycles. The summed E-state index contributed by atoms with van der Waals surface area (Å²) in [4.78, 5) is 12.4. The number of fused-ring (bicyclic) bond motifs is 1. The second-order valence-electron chi connectivity index (χ2n) is 5.61. The van der Waals surface area contributed by atoms with E-state index in [9.17, 15) is 4.79 Å². The van der Waals surface area contributed by atoms with Crippen molar-refractivity contribution in [2.24, 2.45) is 0 Å². The first-order chi connectivity index (χ1) is 12.1. The van der Waals surface area contributed by atoms with Crippen LogP contribution in [0.1, 0.15) is 24.7 Å². The van der Waals surface area contributed by atoms with Gasteiger partial charge in [-0.1, -0.05) is 28.0 Å². The van der Waals surface area contributed by atoms with Gasteiger partial charge in [-0.2, -0.15) is 0 Å². The summed E-state index contributed by atoms with van der Waals surface area (Å²) in [5.74, 6) is 3.22. The number of carbonyl (C=O) groups is 1. The van der Waals surface area contributed by atoms with Gasteiger partial charge in [0.1, 0.15) is 19.0 Å². The van der Waals surface area contributed by atoms with Crippen molar-refractivity contribution in [2.45, 2.75) is 31.3 Å². The van der Waals surface area contributed by atoms with Crippen LogP contribution >= 0.6 is 27.7 Å². The van der Waals surface area contributed by atoms with Gasteiger partial charge in [0, 0.05) is 16.3 Å². The maximum atomic E-state index is 12.4. The topological polar surface area (TPSA) is 73.6 Å². The molecule has 1 aliphatic rings. The number of aryl methyl sites for hydroxylation is 1. The minimum atomic E-state index is -0.183. The van der Waals surface area contributed by atoms with Crippen molar-refractivity contribution in [3.63, 3.8) is 0 Å². The molecule has 0 aliphatic carbocycles. The van der Waals surface area contributed by atoms with Gasteiger partial charge in [0.15, 0.2) is 17.3 Å². The number of thioether (sulfide) groups is 1. The molecule has 0 unspecified atom stereocenters. The molecule has 1 atom stereocenters. The summed E-state index contributed by atoms with van der Waals surface area (Å²) in [7, 11) is 0. The minimum Gasteiger partial charge on any atom is -0.486 e. The zero-order valence-corrected chi connectivity index (χ0v) is 16.4. The Morgan fingerprint density at radius 2 is 2.04 bits per heavy atom. The van der Waals surface area contributed by atoms with E-state index in [1.165, 1.54) is 0 Å². The highest BCUT2D eigenvalue weighted by Gasteiger charge is 2.20. The number of aromatic nitrogens is 1. The van der Waals surface area contributed by atoms with Gasteiger partial charge in [0.25, 0.3) is 0 Å². The van der Waals surface area contributed by atoms with Gasteiger partial charge in [-0.25, -0.2) is 0 Å². The van der Waals surface area contributed by atoms with Crippen molar-refractivity contribution in [1.82, 2.24) is 5.16 Å². The number of amides is 1. The number of benzene rings is 1. The second-order valence-corrected chi connectivity index (χ2v) is 7.65. The van der Waals surface area contributed by atoms with Gasteiger partial charge < -0.3 is 19.3 Å². The molecule has 1 aromatic heterocycles. The van der Waals surface area contributed by atoms with E-state index >= 15 is 0 Å². The van der Waals surface area contributed by atoms with E-state index in [0.717, 1.165) is 28.0 Å². The molecule has 0 spiro atoms. The molecule has 0 radical (unpaired) electrons.